The maximum atomic E-state index is 13.5. The van der Waals surface area contributed by atoms with E-state index < -0.39 is 10.0 Å². The first-order valence-electron chi connectivity index (χ1n) is 12.9. The maximum absolute atomic E-state index is 13.5. The van der Waals surface area contributed by atoms with Crippen LogP contribution in [0.1, 0.15) is 37.6 Å². The Morgan fingerprint density at radius 2 is 1.85 bits per heavy atom. The topological polar surface area (TPSA) is 125 Å². The predicted molar refractivity (Wildman–Crippen MR) is 156 cm³/mol. The molecule has 3 N–H and O–H groups in total. The average Bonchev–Trinajstić information content (AvgIpc) is 3.26. The molecule has 1 aromatic carbocycles. The molecule has 1 fully saturated rings. The number of piperazine rings is 1. The van der Waals surface area contributed by atoms with E-state index >= 15 is 0 Å². The largest absolute Gasteiger partial charge is 0.396 e. The smallest absolute Gasteiger partial charge is 0.269 e. The quantitative estimate of drug-likeness (QED) is 0.271. The molecule has 4 heterocycles. The van der Waals surface area contributed by atoms with Crippen LogP contribution in [0.2, 0.25) is 0 Å². The van der Waals surface area contributed by atoms with Crippen LogP contribution in [-0.4, -0.2) is 64.2 Å². The molecule has 1 aliphatic heterocycles. The van der Waals surface area contributed by atoms with Crippen molar-refractivity contribution >= 4 is 48.6 Å². The van der Waals surface area contributed by atoms with E-state index in [0.29, 0.717) is 34.2 Å². The zero-order chi connectivity index (χ0) is 27.7. The molecule has 0 amide bonds. The van der Waals surface area contributed by atoms with Crippen molar-refractivity contribution in [1.29, 1.82) is 0 Å². The third-order valence-corrected chi connectivity index (χ3v) is 9.07. The fourth-order valence-corrected chi connectivity index (χ4v) is 7.04. The van der Waals surface area contributed by atoms with Gasteiger partial charge in [0.1, 0.15) is 18.0 Å². The lowest BCUT2D eigenvalue weighted by atomic mass is 10.1. The summed E-state index contributed by atoms with van der Waals surface area (Å²) in [6.07, 6.45) is 3.21. The molecule has 3 aromatic heterocycles. The third-order valence-electron chi connectivity index (χ3n) is 6.81. The number of rotatable bonds is 8. The van der Waals surface area contributed by atoms with E-state index in [1.165, 1.54) is 12.5 Å². The minimum absolute atomic E-state index is 0.0660. The Hall–Kier alpha value is -3.06. The van der Waals surface area contributed by atoms with Crippen molar-refractivity contribution in [3.8, 4) is 0 Å². The first-order chi connectivity index (χ1) is 18.7. The molecule has 39 heavy (non-hydrogen) atoms. The molecular weight excluding hydrogens is 582 g/mol. The van der Waals surface area contributed by atoms with Crippen molar-refractivity contribution in [2.45, 2.75) is 50.2 Å². The van der Waals surface area contributed by atoms with E-state index in [-0.39, 0.29) is 23.2 Å². The van der Waals surface area contributed by atoms with Crippen molar-refractivity contribution in [3.63, 3.8) is 0 Å². The normalized spacial score (nSPS) is 18.8. The number of benzene rings is 1. The van der Waals surface area contributed by atoms with Crippen LogP contribution in [0.15, 0.2) is 64.4 Å². The van der Waals surface area contributed by atoms with Gasteiger partial charge in [0, 0.05) is 42.4 Å². The van der Waals surface area contributed by atoms with Crippen molar-refractivity contribution in [3.05, 3.63) is 70.7 Å². The van der Waals surface area contributed by atoms with Gasteiger partial charge in [-0.05, 0) is 67.4 Å². The van der Waals surface area contributed by atoms with Crippen molar-refractivity contribution in [1.82, 2.24) is 24.2 Å². The van der Waals surface area contributed by atoms with Crippen LogP contribution in [0.5, 0.6) is 0 Å². The van der Waals surface area contributed by atoms with Gasteiger partial charge in [-0.25, -0.2) is 27.3 Å². The molecule has 5 rings (SSSR count). The standard InChI is InChI=1S/C27H32BrN7O3S/c1-17-7-9-20(10-8-17)39(37,38)35-15-21(28)25-26(29-16-30-27(25)35)33-23(11-12-36)22-5-4-6-24(32-22)34-13-18(2)31-19(3)14-34/h4-10,15-16,18-19,23,31,36H,11-14H2,1-3H3,(H,29,30,33)/t18-,19+,23?. The summed E-state index contributed by atoms with van der Waals surface area (Å²) in [7, 11) is -3.89. The Morgan fingerprint density at radius 1 is 1.13 bits per heavy atom. The van der Waals surface area contributed by atoms with Gasteiger partial charge < -0.3 is 20.6 Å². The molecular formula is C27H32BrN7O3S. The van der Waals surface area contributed by atoms with Gasteiger partial charge in [0.25, 0.3) is 10.0 Å². The van der Waals surface area contributed by atoms with Gasteiger partial charge >= 0.3 is 0 Å². The number of aromatic nitrogens is 4. The fraction of sp³-hybridized carbons (Fsp3) is 0.370. The van der Waals surface area contributed by atoms with Gasteiger partial charge in [0.2, 0.25) is 0 Å². The predicted octanol–water partition coefficient (Wildman–Crippen LogP) is 3.86. The second-order valence-electron chi connectivity index (χ2n) is 10.0. The minimum atomic E-state index is -3.89. The zero-order valence-corrected chi connectivity index (χ0v) is 24.4. The molecule has 0 aliphatic carbocycles. The van der Waals surface area contributed by atoms with Crippen LogP contribution in [0.4, 0.5) is 11.6 Å². The Bertz CT molecular complexity index is 1570. The highest BCUT2D eigenvalue weighted by atomic mass is 79.9. The number of nitrogens with one attached hydrogen (secondary N) is 2. The summed E-state index contributed by atoms with van der Waals surface area (Å²) in [6, 6.07) is 12.9. The fourth-order valence-electron chi connectivity index (χ4n) is 5.02. The minimum Gasteiger partial charge on any atom is -0.396 e. The number of hydrogen-bond donors (Lipinski definition) is 3. The van der Waals surface area contributed by atoms with Crippen LogP contribution in [-0.2, 0) is 10.0 Å². The molecule has 0 saturated carbocycles. The molecule has 1 unspecified atom stereocenters. The van der Waals surface area contributed by atoms with Crippen LogP contribution in [0, 0.1) is 6.92 Å². The number of aliphatic hydroxyl groups is 1. The SMILES string of the molecule is Cc1ccc(S(=O)(=O)n2cc(Br)c3c(NC(CCO)c4cccc(N5C[C@@H](C)N[C@@H](C)C5)n4)ncnc32)cc1. The Labute approximate surface area is 236 Å². The summed E-state index contributed by atoms with van der Waals surface area (Å²) in [5.74, 6) is 1.32. The molecule has 0 spiro atoms. The number of nitrogens with zero attached hydrogens (tertiary/aromatic N) is 5. The number of halogens is 1. The van der Waals surface area contributed by atoms with Gasteiger partial charge in [0.15, 0.2) is 5.65 Å². The van der Waals surface area contributed by atoms with E-state index in [1.54, 1.807) is 24.3 Å². The van der Waals surface area contributed by atoms with Crippen LogP contribution in [0.25, 0.3) is 11.0 Å². The maximum Gasteiger partial charge on any atom is 0.269 e. The molecule has 0 bridgehead atoms. The summed E-state index contributed by atoms with van der Waals surface area (Å²) in [5.41, 5.74) is 1.97. The average molecular weight is 615 g/mol. The van der Waals surface area contributed by atoms with Gasteiger partial charge in [0.05, 0.1) is 22.0 Å². The lowest BCUT2D eigenvalue weighted by molar-refractivity contribution is 0.279. The third kappa shape index (κ3) is 5.65. The number of anilines is 2. The second-order valence-corrected chi connectivity index (χ2v) is 12.7. The monoisotopic (exact) mass is 613 g/mol. The van der Waals surface area contributed by atoms with E-state index in [9.17, 15) is 13.5 Å². The number of aliphatic hydroxyl groups excluding tert-OH is 1. The first kappa shape index (κ1) is 27.5. The summed E-state index contributed by atoms with van der Waals surface area (Å²) in [6.45, 7) is 7.85. The van der Waals surface area contributed by atoms with Gasteiger partial charge in [-0.3, -0.25) is 0 Å². The Morgan fingerprint density at radius 3 is 2.54 bits per heavy atom. The highest BCUT2D eigenvalue weighted by Crippen LogP contribution is 2.34. The number of fused-ring (bicyclic) bond motifs is 1. The molecule has 4 aromatic rings. The second kappa shape index (κ2) is 11.2. The molecule has 1 saturated heterocycles. The molecule has 12 heteroatoms. The summed E-state index contributed by atoms with van der Waals surface area (Å²) < 4.78 is 28.6. The highest BCUT2D eigenvalue weighted by molar-refractivity contribution is 9.10. The molecule has 10 nitrogen and oxygen atoms in total. The number of pyridine rings is 1. The zero-order valence-electron chi connectivity index (χ0n) is 22.0. The highest BCUT2D eigenvalue weighted by Gasteiger charge is 2.26. The van der Waals surface area contributed by atoms with Gasteiger partial charge in [-0.1, -0.05) is 23.8 Å². The van der Waals surface area contributed by atoms with Crippen molar-refractivity contribution < 1.29 is 13.5 Å². The van der Waals surface area contributed by atoms with E-state index in [0.717, 1.165) is 34.1 Å². The Kier molecular flexibility index (Phi) is 7.90. The molecule has 0 radical (unpaired) electrons. The first-order valence-corrected chi connectivity index (χ1v) is 15.1. The van der Waals surface area contributed by atoms with E-state index in [1.807, 2.05) is 25.1 Å². The number of aryl methyl sites for hydroxylation is 1. The lowest BCUT2D eigenvalue weighted by Crippen LogP contribution is -2.54. The lowest BCUT2D eigenvalue weighted by Gasteiger charge is -2.37. The van der Waals surface area contributed by atoms with Crippen molar-refractivity contribution in [2.75, 3.05) is 29.9 Å². The van der Waals surface area contributed by atoms with Gasteiger partial charge in [-0.15, -0.1) is 0 Å². The van der Waals surface area contributed by atoms with Crippen molar-refractivity contribution in [2.24, 2.45) is 0 Å². The van der Waals surface area contributed by atoms with Crippen LogP contribution < -0.4 is 15.5 Å². The molecule has 206 valence electrons. The Balaban J connectivity index is 1.50. The summed E-state index contributed by atoms with van der Waals surface area (Å²) in [5, 5.41) is 17.3. The van der Waals surface area contributed by atoms with Crippen LogP contribution in [0.3, 0.4) is 0 Å². The van der Waals surface area contributed by atoms with E-state index in [4.69, 9.17) is 4.98 Å². The summed E-state index contributed by atoms with van der Waals surface area (Å²) >= 11 is 3.52. The number of hydrogen-bond acceptors (Lipinski definition) is 9. The molecule has 1 aliphatic rings. The van der Waals surface area contributed by atoms with E-state index in [2.05, 4.69) is 55.3 Å². The van der Waals surface area contributed by atoms with Gasteiger partial charge in [-0.2, -0.15) is 0 Å². The van der Waals surface area contributed by atoms with Crippen LogP contribution >= 0.6 is 15.9 Å². The molecule has 3 atom stereocenters. The summed E-state index contributed by atoms with van der Waals surface area (Å²) in [4.78, 5) is 16.1.